The molecule has 1 aromatic heterocycles. The molecule has 0 aliphatic heterocycles. The zero-order valence-electron chi connectivity index (χ0n) is 14.1. The summed E-state index contributed by atoms with van der Waals surface area (Å²) in [5.41, 5.74) is 1.76. The van der Waals surface area contributed by atoms with Gasteiger partial charge in [-0.3, -0.25) is 4.79 Å². The van der Waals surface area contributed by atoms with E-state index in [-0.39, 0.29) is 30.2 Å². The first-order chi connectivity index (χ1) is 12.0. The molecule has 2 aromatic carbocycles. The highest BCUT2D eigenvalue weighted by atomic mass is 19.1. The lowest BCUT2D eigenvalue weighted by molar-refractivity contribution is -0.124. The molecule has 2 N–H and O–H groups in total. The minimum absolute atomic E-state index is 0.0579. The SMILES string of the molecule is CC(C)[C@H](NC(=O)COc1ccccc1F)c1nc2ccccc2[nH]1. The van der Waals surface area contributed by atoms with Gasteiger partial charge in [-0.2, -0.15) is 0 Å². The van der Waals surface area contributed by atoms with Gasteiger partial charge in [0.05, 0.1) is 17.1 Å². The number of halogens is 1. The summed E-state index contributed by atoms with van der Waals surface area (Å²) in [6.07, 6.45) is 0. The number of imidazole rings is 1. The number of carbonyl (C=O) groups is 1. The van der Waals surface area contributed by atoms with E-state index in [0.29, 0.717) is 5.82 Å². The molecule has 0 saturated heterocycles. The lowest BCUT2D eigenvalue weighted by atomic mass is 10.0. The maximum Gasteiger partial charge on any atom is 0.258 e. The van der Waals surface area contributed by atoms with Gasteiger partial charge in [-0.05, 0) is 30.2 Å². The van der Waals surface area contributed by atoms with Crippen LogP contribution in [0.5, 0.6) is 5.75 Å². The average molecular weight is 341 g/mol. The Labute approximate surface area is 145 Å². The second kappa shape index (κ2) is 7.34. The molecule has 0 unspecified atom stereocenters. The molecular formula is C19H20FN3O2. The highest BCUT2D eigenvalue weighted by Gasteiger charge is 2.22. The zero-order chi connectivity index (χ0) is 17.8. The summed E-state index contributed by atoms with van der Waals surface area (Å²) < 4.78 is 18.8. The summed E-state index contributed by atoms with van der Waals surface area (Å²) in [7, 11) is 0. The number of nitrogens with one attached hydrogen (secondary N) is 2. The van der Waals surface area contributed by atoms with Gasteiger partial charge in [0.2, 0.25) is 0 Å². The van der Waals surface area contributed by atoms with Crippen LogP contribution in [0.3, 0.4) is 0 Å². The van der Waals surface area contributed by atoms with Crippen molar-refractivity contribution in [2.45, 2.75) is 19.9 Å². The third kappa shape index (κ3) is 3.96. The average Bonchev–Trinajstić information content (AvgIpc) is 3.02. The monoisotopic (exact) mass is 341 g/mol. The van der Waals surface area contributed by atoms with Gasteiger partial charge in [0.1, 0.15) is 5.82 Å². The van der Waals surface area contributed by atoms with Crippen molar-refractivity contribution >= 4 is 16.9 Å². The molecule has 0 aliphatic rings. The minimum atomic E-state index is -0.493. The Morgan fingerprint density at radius 3 is 2.64 bits per heavy atom. The van der Waals surface area contributed by atoms with Crippen LogP contribution in [-0.4, -0.2) is 22.5 Å². The number of rotatable bonds is 6. The van der Waals surface area contributed by atoms with Crippen LogP contribution in [0.15, 0.2) is 48.5 Å². The van der Waals surface area contributed by atoms with E-state index in [9.17, 15) is 9.18 Å². The van der Waals surface area contributed by atoms with Crippen molar-refractivity contribution in [2.24, 2.45) is 5.92 Å². The molecular weight excluding hydrogens is 321 g/mol. The van der Waals surface area contributed by atoms with Crippen molar-refractivity contribution < 1.29 is 13.9 Å². The van der Waals surface area contributed by atoms with Gasteiger partial charge < -0.3 is 15.0 Å². The number of para-hydroxylation sites is 3. The van der Waals surface area contributed by atoms with E-state index in [1.54, 1.807) is 12.1 Å². The van der Waals surface area contributed by atoms with Crippen LogP contribution < -0.4 is 10.1 Å². The molecule has 0 fully saturated rings. The summed E-state index contributed by atoms with van der Waals surface area (Å²) in [6.45, 7) is 3.73. The van der Waals surface area contributed by atoms with Crippen molar-refractivity contribution in [3.63, 3.8) is 0 Å². The second-order valence-corrected chi connectivity index (χ2v) is 6.15. The number of H-pyrrole nitrogens is 1. The molecule has 0 spiro atoms. The lowest BCUT2D eigenvalue weighted by Crippen LogP contribution is -2.35. The Balaban J connectivity index is 1.69. The maximum atomic E-state index is 13.5. The zero-order valence-corrected chi connectivity index (χ0v) is 14.1. The summed E-state index contributed by atoms with van der Waals surface area (Å²) in [5, 5.41) is 2.90. The van der Waals surface area contributed by atoms with Gasteiger partial charge >= 0.3 is 0 Å². The Hall–Kier alpha value is -2.89. The molecule has 1 amide bonds. The minimum Gasteiger partial charge on any atom is -0.481 e. The van der Waals surface area contributed by atoms with Crippen molar-refractivity contribution in [2.75, 3.05) is 6.61 Å². The molecule has 5 nitrogen and oxygen atoms in total. The highest BCUT2D eigenvalue weighted by Crippen LogP contribution is 2.22. The number of nitrogens with zero attached hydrogens (tertiary/aromatic N) is 1. The van der Waals surface area contributed by atoms with Gasteiger partial charge in [-0.25, -0.2) is 9.37 Å². The van der Waals surface area contributed by atoms with E-state index in [1.807, 2.05) is 38.1 Å². The molecule has 1 heterocycles. The fourth-order valence-corrected chi connectivity index (χ4v) is 2.59. The van der Waals surface area contributed by atoms with Crippen molar-refractivity contribution in [1.82, 2.24) is 15.3 Å². The van der Waals surface area contributed by atoms with E-state index < -0.39 is 5.82 Å². The number of aromatic amines is 1. The number of amides is 1. The Kier molecular flexibility index (Phi) is 4.97. The molecule has 1 atom stereocenters. The summed E-state index contributed by atoms with van der Waals surface area (Å²) >= 11 is 0. The smallest absolute Gasteiger partial charge is 0.258 e. The third-order valence-corrected chi connectivity index (χ3v) is 3.88. The van der Waals surface area contributed by atoms with Crippen LogP contribution >= 0.6 is 0 Å². The van der Waals surface area contributed by atoms with Gasteiger partial charge in [-0.1, -0.05) is 38.1 Å². The first kappa shape index (κ1) is 17.0. The van der Waals surface area contributed by atoms with Gasteiger partial charge in [-0.15, -0.1) is 0 Å². The molecule has 6 heteroatoms. The fourth-order valence-electron chi connectivity index (χ4n) is 2.59. The number of aromatic nitrogens is 2. The molecule has 130 valence electrons. The fraction of sp³-hybridized carbons (Fsp3) is 0.263. The normalized spacial score (nSPS) is 12.3. The number of fused-ring (bicyclic) bond motifs is 1. The van der Waals surface area contributed by atoms with E-state index >= 15 is 0 Å². The first-order valence-corrected chi connectivity index (χ1v) is 8.16. The number of hydrogen-bond acceptors (Lipinski definition) is 3. The largest absolute Gasteiger partial charge is 0.481 e. The molecule has 3 aromatic rings. The van der Waals surface area contributed by atoms with Crippen LogP contribution in [0.4, 0.5) is 4.39 Å². The van der Waals surface area contributed by atoms with Crippen molar-refractivity contribution in [3.05, 3.63) is 60.2 Å². The van der Waals surface area contributed by atoms with Crippen LogP contribution in [0.1, 0.15) is 25.7 Å². The standard InChI is InChI=1S/C19H20FN3O2/c1-12(2)18(19-21-14-8-4-5-9-15(14)22-19)23-17(24)11-25-16-10-6-3-7-13(16)20/h3-10,12,18H,11H2,1-2H3,(H,21,22)(H,23,24)/t18-/m0/s1. The van der Waals surface area contributed by atoms with Gasteiger partial charge in [0.25, 0.3) is 5.91 Å². The molecule has 3 rings (SSSR count). The quantitative estimate of drug-likeness (QED) is 0.720. The van der Waals surface area contributed by atoms with Crippen molar-refractivity contribution in [3.8, 4) is 5.75 Å². The molecule has 0 saturated carbocycles. The van der Waals surface area contributed by atoms with E-state index in [4.69, 9.17) is 4.74 Å². The van der Waals surface area contributed by atoms with Gasteiger partial charge in [0.15, 0.2) is 18.2 Å². The van der Waals surface area contributed by atoms with Crippen LogP contribution in [0.25, 0.3) is 11.0 Å². The maximum absolute atomic E-state index is 13.5. The summed E-state index contributed by atoms with van der Waals surface area (Å²) in [6, 6.07) is 13.4. The molecule has 0 aliphatic carbocycles. The predicted octanol–water partition coefficient (Wildman–Crippen LogP) is 3.59. The van der Waals surface area contributed by atoms with Crippen LogP contribution in [0.2, 0.25) is 0 Å². The first-order valence-electron chi connectivity index (χ1n) is 8.16. The van der Waals surface area contributed by atoms with Gasteiger partial charge in [0, 0.05) is 0 Å². The molecule has 0 radical (unpaired) electrons. The lowest BCUT2D eigenvalue weighted by Gasteiger charge is -2.20. The Morgan fingerprint density at radius 2 is 1.92 bits per heavy atom. The van der Waals surface area contributed by atoms with E-state index in [2.05, 4.69) is 15.3 Å². The molecule has 0 bridgehead atoms. The molecule has 25 heavy (non-hydrogen) atoms. The Bertz CT molecular complexity index is 843. The van der Waals surface area contributed by atoms with E-state index in [0.717, 1.165) is 11.0 Å². The second-order valence-electron chi connectivity index (χ2n) is 6.15. The predicted molar refractivity (Wildman–Crippen MR) is 93.7 cm³/mol. The summed E-state index contributed by atoms with van der Waals surface area (Å²) in [4.78, 5) is 20.0. The number of carbonyl (C=O) groups excluding carboxylic acids is 1. The summed E-state index contributed by atoms with van der Waals surface area (Å²) in [5.74, 6) is 0.0475. The van der Waals surface area contributed by atoms with E-state index in [1.165, 1.54) is 12.1 Å². The number of ether oxygens (including phenoxy) is 1. The van der Waals surface area contributed by atoms with Crippen LogP contribution in [0, 0.1) is 11.7 Å². The highest BCUT2D eigenvalue weighted by molar-refractivity contribution is 5.78. The third-order valence-electron chi connectivity index (χ3n) is 3.88. The van der Waals surface area contributed by atoms with Crippen LogP contribution in [-0.2, 0) is 4.79 Å². The number of benzene rings is 2. The topological polar surface area (TPSA) is 67.0 Å². The van der Waals surface area contributed by atoms with Crippen molar-refractivity contribution in [1.29, 1.82) is 0 Å². The number of hydrogen-bond donors (Lipinski definition) is 2. The Morgan fingerprint density at radius 1 is 1.20 bits per heavy atom.